The minimum Gasteiger partial charge on any atom is -0.490 e. The number of halogens is 1. The SMILES string of the molecule is COc1ccc(/C=N/NC(=O)c2ccc(F)cc2)cc1[N+](=O)[O-]. The number of nitrogens with one attached hydrogen (secondary N) is 1. The first-order chi connectivity index (χ1) is 11.0. The third-order valence-electron chi connectivity index (χ3n) is 2.89. The predicted molar refractivity (Wildman–Crippen MR) is 81.1 cm³/mol. The number of carbonyl (C=O) groups is 1. The predicted octanol–water partition coefficient (Wildman–Crippen LogP) is 2.51. The second-order valence-corrected chi connectivity index (χ2v) is 4.39. The number of benzene rings is 2. The number of nitrogens with zero attached hydrogens (tertiary/aromatic N) is 2. The Morgan fingerprint density at radius 1 is 1.30 bits per heavy atom. The molecule has 0 heterocycles. The van der Waals surface area contributed by atoms with E-state index < -0.39 is 16.6 Å². The van der Waals surface area contributed by atoms with Gasteiger partial charge in [-0.15, -0.1) is 0 Å². The maximum absolute atomic E-state index is 12.8. The van der Waals surface area contributed by atoms with Gasteiger partial charge in [0.05, 0.1) is 18.2 Å². The van der Waals surface area contributed by atoms with Crippen molar-refractivity contribution in [3.05, 3.63) is 69.5 Å². The molecule has 0 radical (unpaired) electrons. The van der Waals surface area contributed by atoms with Crippen molar-refractivity contribution in [3.63, 3.8) is 0 Å². The number of amides is 1. The fraction of sp³-hybridized carbons (Fsp3) is 0.0667. The lowest BCUT2D eigenvalue weighted by atomic mass is 10.2. The summed E-state index contributed by atoms with van der Waals surface area (Å²) in [5, 5.41) is 14.6. The summed E-state index contributed by atoms with van der Waals surface area (Å²) in [6.07, 6.45) is 1.26. The Bertz CT molecular complexity index is 760. The lowest BCUT2D eigenvalue weighted by Crippen LogP contribution is -2.17. The molecular formula is C15H12FN3O4. The summed E-state index contributed by atoms with van der Waals surface area (Å²) in [6.45, 7) is 0. The van der Waals surface area contributed by atoms with Crippen molar-refractivity contribution in [2.45, 2.75) is 0 Å². The van der Waals surface area contributed by atoms with E-state index in [0.717, 1.165) is 12.1 Å². The first kappa shape index (κ1) is 16.1. The zero-order valence-electron chi connectivity index (χ0n) is 12.0. The van der Waals surface area contributed by atoms with E-state index in [9.17, 15) is 19.3 Å². The summed E-state index contributed by atoms with van der Waals surface area (Å²) in [6, 6.07) is 9.21. The lowest BCUT2D eigenvalue weighted by Gasteiger charge is -2.02. The average Bonchev–Trinajstić information content (AvgIpc) is 2.55. The molecule has 2 aromatic rings. The highest BCUT2D eigenvalue weighted by Gasteiger charge is 2.14. The minimum absolute atomic E-state index is 0.127. The Balaban J connectivity index is 2.08. The number of rotatable bonds is 5. The molecule has 0 bridgehead atoms. The van der Waals surface area contributed by atoms with Gasteiger partial charge >= 0.3 is 5.69 Å². The van der Waals surface area contributed by atoms with Crippen molar-refractivity contribution < 1.29 is 18.8 Å². The van der Waals surface area contributed by atoms with E-state index in [1.54, 1.807) is 6.07 Å². The van der Waals surface area contributed by atoms with Crippen LogP contribution in [0.2, 0.25) is 0 Å². The Labute approximate surface area is 130 Å². The molecule has 0 spiro atoms. The van der Waals surface area contributed by atoms with Crippen LogP contribution in [-0.2, 0) is 0 Å². The third-order valence-corrected chi connectivity index (χ3v) is 2.89. The van der Waals surface area contributed by atoms with Gasteiger partial charge in [-0.3, -0.25) is 14.9 Å². The van der Waals surface area contributed by atoms with Crippen LogP contribution in [0.3, 0.4) is 0 Å². The van der Waals surface area contributed by atoms with Gasteiger partial charge in [0.25, 0.3) is 5.91 Å². The summed E-state index contributed by atoms with van der Waals surface area (Å²) in [5.74, 6) is -0.845. The van der Waals surface area contributed by atoms with Gasteiger partial charge in [-0.1, -0.05) is 0 Å². The van der Waals surface area contributed by atoms with E-state index in [0.29, 0.717) is 5.56 Å². The highest BCUT2D eigenvalue weighted by Crippen LogP contribution is 2.26. The van der Waals surface area contributed by atoms with E-state index in [4.69, 9.17) is 4.74 Å². The zero-order chi connectivity index (χ0) is 16.8. The number of hydrogen-bond donors (Lipinski definition) is 1. The van der Waals surface area contributed by atoms with Crippen molar-refractivity contribution in [3.8, 4) is 5.75 Å². The average molecular weight is 317 g/mol. The van der Waals surface area contributed by atoms with Gasteiger partial charge in [0.15, 0.2) is 5.75 Å². The normalized spacial score (nSPS) is 10.5. The van der Waals surface area contributed by atoms with Gasteiger partial charge in [0, 0.05) is 17.2 Å². The van der Waals surface area contributed by atoms with Crippen molar-refractivity contribution in [1.29, 1.82) is 0 Å². The smallest absolute Gasteiger partial charge is 0.311 e. The van der Waals surface area contributed by atoms with Crippen LogP contribution in [0.15, 0.2) is 47.6 Å². The van der Waals surface area contributed by atoms with E-state index in [-0.39, 0.29) is 17.0 Å². The van der Waals surface area contributed by atoms with Crippen molar-refractivity contribution in [2.75, 3.05) is 7.11 Å². The second kappa shape index (κ2) is 7.12. The van der Waals surface area contributed by atoms with Crippen LogP contribution in [0.25, 0.3) is 0 Å². The summed E-state index contributed by atoms with van der Waals surface area (Å²) in [5.41, 5.74) is 2.70. The van der Waals surface area contributed by atoms with Gasteiger partial charge in [-0.2, -0.15) is 5.10 Å². The maximum atomic E-state index is 12.8. The molecule has 2 rings (SSSR count). The fourth-order valence-corrected chi connectivity index (χ4v) is 1.76. The molecule has 0 fully saturated rings. The number of nitro benzene ring substituents is 1. The van der Waals surface area contributed by atoms with Crippen LogP contribution < -0.4 is 10.2 Å². The minimum atomic E-state index is -0.576. The Morgan fingerprint density at radius 3 is 2.61 bits per heavy atom. The molecule has 118 valence electrons. The summed E-state index contributed by atoms with van der Waals surface area (Å²) >= 11 is 0. The van der Waals surface area contributed by atoms with Crippen LogP contribution in [0.4, 0.5) is 10.1 Å². The molecule has 0 atom stereocenters. The number of ether oxygens (including phenoxy) is 1. The fourth-order valence-electron chi connectivity index (χ4n) is 1.76. The molecule has 0 saturated carbocycles. The topological polar surface area (TPSA) is 93.8 Å². The highest BCUT2D eigenvalue weighted by molar-refractivity contribution is 5.94. The second-order valence-electron chi connectivity index (χ2n) is 4.39. The monoisotopic (exact) mass is 317 g/mol. The Kier molecular flexibility index (Phi) is 4.98. The van der Waals surface area contributed by atoms with E-state index in [1.807, 2.05) is 0 Å². The van der Waals surface area contributed by atoms with Crippen LogP contribution in [0, 0.1) is 15.9 Å². The van der Waals surface area contributed by atoms with Gasteiger partial charge in [0.1, 0.15) is 5.82 Å². The molecule has 2 aromatic carbocycles. The number of hydrogen-bond acceptors (Lipinski definition) is 5. The zero-order valence-corrected chi connectivity index (χ0v) is 12.0. The van der Waals surface area contributed by atoms with Gasteiger partial charge < -0.3 is 4.74 Å². The van der Waals surface area contributed by atoms with E-state index >= 15 is 0 Å². The lowest BCUT2D eigenvalue weighted by molar-refractivity contribution is -0.385. The molecule has 0 saturated heterocycles. The standard InChI is InChI=1S/C15H12FN3O4/c1-23-14-7-2-10(8-13(14)19(21)22)9-17-18-15(20)11-3-5-12(16)6-4-11/h2-9H,1H3,(H,18,20)/b17-9+. The summed E-state index contributed by atoms with van der Waals surface area (Å²) in [4.78, 5) is 22.1. The number of nitro groups is 1. The Morgan fingerprint density at radius 2 is 2.00 bits per heavy atom. The quantitative estimate of drug-likeness (QED) is 0.521. The molecule has 0 unspecified atom stereocenters. The van der Waals surface area contributed by atoms with Crippen molar-refractivity contribution >= 4 is 17.8 Å². The molecule has 8 heteroatoms. The number of methoxy groups -OCH3 is 1. The molecule has 0 aliphatic carbocycles. The van der Waals surface area contributed by atoms with Crippen LogP contribution in [0.5, 0.6) is 5.75 Å². The van der Waals surface area contributed by atoms with Crippen molar-refractivity contribution in [2.24, 2.45) is 5.10 Å². The third kappa shape index (κ3) is 4.10. The largest absolute Gasteiger partial charge is 0.490 e. The number of hydrazone groups is 1. The molecule has 0 aliphatic heterocycles. The molecule has 1 N–H and O–H groups in total. The molecule has 23 heavy (non-hydrogen) atoms. The van der Waals surface area contributed by atoms with Crippen LogP contribution in [-0.4, -0.2) is 24.2 Å². The molecule has 7 nitrogen and oxygen atoms in total. The van der Waals surface area contributed by atoms with Crippen LogP contribution in [0.1, 0.15) is 15.9 Å². The molecule has 0 aromatic heterocycles. The summed E-state index contributed by atoms with van der Waals surface area (Å²) in [7, 11) is 1.33. The first-order valence-electron chi connectivity index (χ1n) is 6.42. The van der Waals surface area contributed by atoms with Crippen molar-refractivity contribution in [1.82, 2.24) is 5.43 Å². The summed E-state index contributed by atoms with van der Waals surface area (Å²) < 4.78 is 17.6. The molecule has 0 aliphatic rings. The van der Waals surface area contributed by atoms with E-state index in [1.165, 1.54) is 37.6 Å². The van der Waals surface area contributed by atoms with Crippen LogP contribution >= 0.6 is 0 Å². The highest BCUT2D eigenvalue weighted by atomic mass is 19.1. The van der Waals surface area contributed by atoms with Gasteiger partial charge in [-0.25, -0.2) is 9.82 Å². The molecule has 1 amide bonds. The van der Waals surface area contributed by atoms with Gasteiger partial charge in [0.2, 0.25) is 0 Å². The van der Waals surface area contributed by atoms with Gasteiger partial charge in [-0.05, 0) is 36.4 Å². The maximum Gasteiger partial charge on any atom is 0.311 e. The first-order valence-corrected chi connectivity index (χ1v) is 6.42. The number of carbonyl (C=O) groups excluding carboxylic acids is 1. The van der Waals surface area contributed by atoms with E-state index in [2.05, 4.69) is 10.5 Å². The Hall–Kier alpha value is -3.29. The molecular weight excluding hydrogens is 305 g/mol.